The van der Waals surface area contributed by atoms with E-state index in [1.807, 2.05) is 6.07 Å². The Balaban J connectivity index is 2.52. The van der Waals surface area contributed by atoms with Gasteiger partial charge in [-0.3, -0.25) is 4.90 Å². The molecule has 2 nitrogen and oxygen atoms in total. The highest BCUT2D eigenvalue weighted by atomic mass is 16.3. The number of nitrogens with zero attached hydrogens (tertiary/aromatic N) is 1. The van der Waals surface area contributed by atoms with Gasteiger partial charge in [0.05, 0.1) is 0 Å². The van der Waals surface area contributed by atoms with Gasteiger partial charge in [0.15, 0.2) is 0 Å². The minimum Gasteiger partial charge on any atom is -0.396 e. The van der Waals surface area contributed by atoms with Crippen molar-refractivity contribution in [3.63, 3.8) is 0 Å². The lowest BCUT2D eigenvalue weighted by Crippen LogP contribution is -2.24. The monoisotopic (exact) mass is 193 g/mol. The highest BCUT2D eigenvalue weighted by molar-refractivity contribution is 5.18. The van der Waals surface area contributed by atoms with Crippen molar-refractivity contribution in [2.24, 2.45) is 0 Å². The molecule has 1 N–H and O–H groups in total. The second kappa shape index (κ2) is 5.78. The summed E-state index contributed by atoms with van der Waals surface area (Å²) in [5.41, 5.74) is 1.33. The fourth-order valence-corrected chi connectivity index (χ4v) is 1.50. The predicted octanol–water partition coefficient (Wildman–Crippen LogP) is 2.06. The molecule has 0 amide bonds. The molecule has 1 unspecified atom stereocenters. The summed E-state index contributed by atoms with van der Waals surface area (Å²) >= 11 is 0. The second-order valence-electron chi connectivity index (χ2n) is 3.64. The molecular formula is C12H19NO. The van der Waals surface area contributed by atoms with Gasteiger partial charge in [0.25, 0.3) is 0 Å². The van der Waals surface area contributed by atoms with Crippen LogP contribution in [0, 0.1) is 0 Å². The molecule has 0 heterocycles. The van der Waals surface area contributed by atoms with E-state index in [4.69, 9.17) is 5.11 Å². The van der Waals surface area contributed by atoms with Gasteiger partial charge < -0.3 is 5.11 Å². The van der Waals surface area contributed by atoms with Gasteiger partial charge in [-0.2, -0.15) is 0 Å². The van der Waals surface area contributed by atoms with Crippen LogP contribution < -0.4 is 0 Å². The fourth-order valence-electron chi connectivity index (χ4n) is 1.50. The first-order valence-corrected chi connectivity index (χ1v) is 5.11. The lowest BCUT2D eigenvalue weighted by Gasteiger charge is -2.24. The van der Waals surface area contributed by atoms with Gasteiger partial charge >= 0.3 is 0 Å². The zero-order chi connectivity index (χ0) is 10.4. The molecule has 1 atom stereocenters. The van der Waals surface area contributed by atoms with Gasteiger partial charge in [-0.05, 0) is 26.0 Å². The maximum absolute atomic E-state index is 8.74. The zero-order valence-electron chi connectivity index (χ0n) is 8.98. The van der Waals surface area contributed by atoms with E-state index < -0.39 is 0 Å². The molecule has 0 radical (unpaired) electrons. The summed E-state index contributed by atoms with van der Waals surface area (Å²) in [5, 5.41) is 8.74. The number of benzene rings is 1. The molecule has 1 rings (SSSR count). The maximum Gasteiger partial charge on any atom is 0.0443 e. The Morgan fingerprint density at radius 2 is 1.93 bits per heavy atom. The van der Waals surface area contributed by atoms with Crippen molar-refractivity contribution in [3.05, 3.63) is 35.9 Å². The summed E-state index contributed by atoms with van der Waals surface area (Å²) in [6.45, 7) is 3.39. The number of hydrogen-bond acceptors (Lipinski definition) is 2. The summed E-state index contributed by atoms with van der Waals surface area (Å²) < 4.78 is 0. The second-order valence-corrected chi connectivity index (χ2v) is 3.64. The van der Waals surface area contributed by atoms with Crippen LogP contribution in [-0.2, 0) is 0 Å². The van der Waals surface area contributed by atoms with E-state index in [-0.39, 0.29) is 6.61 Å². The van der Waals surface area contributed by atoms with Crippen LogP contribution in [0.5, 0.6) is 0 Å². The van der Waals surface area contributed by atoms with Gasteiger partial charge in [-0.25, -0.2) is 0 Å². The van der Waals surface area contributed by atoms with E-state index >= 15 is 0 Å². The van der Waals surface area contributed by atoms with Crippen molar-refractivity contribution in [2.45, 2.75) is 19.4 Å². The van der Waals surface area contributed by atoms with Crippen LogP contribution in [0.3, 0.4) is 0 Å². The number of hydrogen-bond donors (Lipinski definition) is 1. The molecule has 0 aromatic heterocycles. The maximum atomic E-state index is 8.74. The van der Waals surface area contributed by atoms with Crippen LogP contribution >= 0.6 is 0 Å². The first kappa shape index (κ1) is 11.2. The zero-order valence-corrected chi connectivity index (χ0v) is 8.98. The van der Waals surface area contributed by atoms with Crippen molar-refractivity contribution in [1.82, 2.24) is 4.90 Å². The lowest BCUT2D eigenvalue weighted by molar-refractivity contribution is 0.216. The molecule has 1 aromatic carbocycles. The van der Waals surface area contributed by atoms with Crippen LogP contribution in [-0.4, -0.2) is 30.2 Å². The van der Waals surface area contributed by atoms with E-state index in [0.717, 1.165) is 13.0 Å². The third-order valence-corrected chi connectivity index (χ3v) is 2.61. The van der Waals surface area contributed by atoms with Crippen LogP contribution in [0.25, 0.3) is 0 Å². The average molecular weight is 193 g/mol. The first-order valence-electron chi connectivity index (χ1n) is 5.11. The van der Waals surface area contributed by atoms with Crippen molar-refractivity contribution in [1.29, 1.82) is 0 Å². The molecule has 14 heavy (non-hydrogen) atoms. The van der Waals surface area contributed by atoms with Crippen LogP contribution in [0.2, 0.25) is 0 Å². The topological polar surface area (TPSA) is 23.5 Å². The molecule has 0 aliphatic carbocycles. The molecule has 0 fully saturated rings. The van der Waals surface area contributed by atoms with Crippen molar-refractivity contribution < 1.29 is 5.11 Å². The lowest BCUT2D eigenvalue weighted by atomic mass is 10.1. The number of rotatable bonds is 5. The summed E-state index contributed by atoms with van der Waals surface area (Å²) in [4.78, 5) is 2.26. The van der Waals surface area contributed by atoms with E-state index in [0.29, 0.717) is 6.04 Å². The third-order valence-electron chi connectivity index (χ3n) is 2.61. The fraction of sp³-hybridized carbons (Fsp3) is 0.500. The third kappa shape index (κ3) is 3.13. The van der Waals surface area contributed by atoms with E-state index in [9.17, 15) is 0 Å². The molecule has 2 heteroatoms. The van der Waals surface area contributed by atoms with E-state index in [1.54, 1.807) is 0 Å². The first-order chi connectivity index (χ1) is 6.75. The largest absolute Gasteiger partial charge is 0.396 e. The number of aliphatic hydroxyl groups excluding tert-OH is 1. The highest BCUT2D eigenvalue weighted by Crippen LogP contribution is 2.17. The van der Waals surface area contributed by atoms with Crippen LogP contribution in [0.15, 0.2) is 30.3 Å². The van der Waals surface area contributed by atoms with Crippen LogP contribution in [0.4, 0.5) is 0 Å². The highest BCUT2D eigenvalue weighted by Gasteiger charge is 2.09. The Kier molecular flexibility index (Phi) is 4.63. The summed E-state index contributed by atoms with van der Waals surface area (Å²) in [7, 11) is 2.09. The smallest absolute Gasteiger partial charge is 0.0443 e. The Bertz CT molecular complexity index is 248. The Morgan fingerprint density at radius 1 is 1.29 bits per heavy atom. The van der Waals surface area contributed by atoms with Crippen LogP contribution in [0.1, 0.15) is 24.9 Å². The van der Waals surface area contributed by atoms with Gasteiger partial charge in [0.1, 0.15) is 0 Å². The Morgan fingerprint density at radius 3 is 2.50 bits per heavy atom. The van der Waals surface area contributed by atoms with Crippen molar-refractivity contribution in [2.75, 3.05) is 20.2 Å². The molecule has 0 aliphatic heterocycles. The molecular weight excluding hydrogens is 174 g/mol. The van der Waals surface area contributed by atoms with Crippen molar-refractivity contribution in [3.8, 4) is 0 Å². The van der Waals surface area contributed by atoms with Crippen molar-refractivity contribution >= 4 is 0 Å². The predicted molar refractivity (Wildman–Crippen MR) is 59.2 cm³/mol. The Labute approximate surface area is 86.2 Å². The Hall–Kier alpha value is -0.860. The normalized spacial score (nSPS) is 13.1. The molecule has 0 spiro atoms. The molecule has 78 valence electrons. The minimum atomic E-state index is 0.270. The van der Waals surface area contributed by atoms with Gasteiger partial charge in [-0.15, -0.1) is 0 Å². The van der Waals surface area contributed by atoms with Gasteiger partial charge in [0.2, 0.25) is 0 Å². The van der Waals surface area contributed by atoms with E-state index in [2.05, 4.69) is 43.1 Å². The summed E-state index contributed by atoms with van der Waals surface area (Å²) in [6, 6.07) is 10.9. The minimum absolute atomic E-state index is 0.270. The average Bonchev–Trinajstić information content (AvgIpc) is 2.26. The van der Waals surface area contributed by atoms with E-state index in [1.165, 1.54) is 5.56 Å². The standard InChI is InChI=1S/C12H19NO/c1-11(13(2)9-6-10-14)12-7-4-3-5-8-12/h3-5,7-8,11,14H,6,9-10H2,1-2H3. The van der Waals surface area contributed by atoms with Gasteiger partial charge in [-0.1, -0.05) is 30.3 Å². The summed E-state index contributed by atoms with van der Waals surface area (Å²) in [6.07, 6.45) is 0.841. The quantitative estimate of drug-likeness (QED) is 0.773. The summed E-state index contributed by atoms with van der Waals surface area (Å²) in [5.74, 6) is 0. The van der Waals surface area contributed by atoms with Gasteiger partial charge in [0, 0.05) is 19.2 Å². The number of aliphatic hydroxyl groups is 1. The molecule has 0 saturated carbocycles. The SMILES string of the molecule is CC(c1ccccc1)N(C)CCCO. The molecule has 1 aromatic rings. The molecule has 0 bridgehead atoms. The molecule has 0 aliphatic rings. The molecule has 0 saturated heterocycles.